The zero-order valence-electron chi connectivity index (χ0n) is 12.4. The van der Waals surface area contributed by atoms with E-state index in [1.165, 1.54) is 11.1 Å². The number of fused-ring (bicyclic) bond motifs is 1. The summed E-state index contributed by atoms with van der Waals surface area (Å²) in [4.78, 5) is 4.70. The van der Waals surface area contributed by atoms with E-state index in [0.29, 0.717) is 0 Å². The average molecular weight is 279 g/mol. The Labute approximate surface area is 125 Å². The molecule has 3 rings (SSSR count). The first-order valence-corrected chi connectivity index (χ1v) is 7.56. The molecule has 0 bridgehead atoms. The fraction of sp³-hybridized carbons (Fsp3) is 0.278. The third-order valence-corrected chi connectivity index (χ3v) is 3.86. The standard InChI is InChI=1S/C18H21N3/c1-2-18-20-16-13-15(19)10-11-17(16)21(18)12-6-9-14-7-4-3-5-8-14/h3-5,7-8,10-11,13H,2,6,9,12,19H2,1H3. The maximum atomic E-state index is 5.85. The molecule has 1 heterocycles. The van der Waals surface area contributed by atoms with Gasteiger partial charge in [0.15, 0.2) is 0 Å². The molecular weight excluding hydrogens is 258 g/mol. The molecule has 0 atom stereocenters. The van der Waals surface area contributed by atoms with Crippen molar-refractivity contribution in [3.05, 3.63) is 59.9 Å². The van der Waals surface area contributed by atoms with Crippen LogP contribution in [-0.2, 0) is 19.4 Å². The molecule has 3 heteroatoms. The first kappa shape index (κ1) is 13.7. The Hall–Kier alpha value is -2.29. The van der Waals surface area contributed by atoms with Crippen molar-refractivity contribution in [2.45, 2.75) is 32.7 Å². The van der Waals surface area contributed by atoms with E-state index in [2.05, 4.69) is 47.9 Å². The highest BCUT2D eigenvalue weighted by Crippen LogP contribution is 2.20. The van der Waals surface area contributed by atoms with Gasteiger partial charge in [-0.1, -0.05) is 37.3 Å². The number of nitrogen functional groups attached to an aromatic ring is 1. The normalized spacial score (nSPS) is 11.1. The number of imidazole rings is 1. The van der Waals surface area contributed by atoms with E-state index < -0.39 is 0 Å². The Morgan fingerprint density at radius 2 is 1.90 bits per heavy atom. The van der Waals surface area contributed by atoms with Crippen molar-refractivity contribution < 1.29 is 0 Å². The third-order valence-electron chi connectivity index (χ3n) is 3.86. The Morgan fingerprint density at radius 1 is 1.10 bits per heavy atom. The van der Waals surface area contributed by atoms with E-state index in [1.54, 1.807) is 0 Å². The summed E-state index contributed by atoms with van der Waals surface area (Å²) in [5.74, 6) is 1.14. The monoisotopic (exact) mass is 279 g/mol. The zero-order valence-corrected chi connectivity index (χ0v) is 12.4. The van der Waals surface area contributed by atoms with Crippen molar-refractivity contribution >= 4 is 16.7 Å². The van der Waals surface area contributed by atoms with Crippen LogP contribution >= 0.6 is 0 Å². The van der Waals surface area contributed by atoms with Crippen LogP contribution in [0.2, 0.25) is 0 Å². The maximum absolute atomic E-state index is 5.85. The summed E-state index contributed by atoms with van der Waals surface area (Å²) in [6.07, 6.45) is 3.16. The van der Waals surface area contributed by atoms with Crippen LogP contribution in [0.25, 0.3) is 11.0 Å². The van der Waals surface area contributed by atoms with Crippen LogP contribution in [-0.4, -0.2) is 9.55 Å². The highest BCUT2D eigenvalue weighted by atomic mass is 15.1. The second-order valence-electron chi connectivity index (χ2n) is 5.37. The molecule has 0 radical (unpaired) electrons. The summed E-state index contributed by atoms with van der Waals surface area (Å²) < 4.78 is 2.33. The second kappa shape index (κ2) is 6.00. The lowest BCUT2D eigenvalue weighted by Gasteiger charge is -2.08. The minimum Gasteiger partial charge on any atom is -0.399 e. The van der Waals surface area contributed by atoms with Crippen molar-refractivity contribution in [1.29, 1.82) is 0 Å². The van der Waals surface area contributed by atoms with Crippen molar-refractivity contribution in [1.82, 2.24) is 9.55 Å². The van der Waals surface area contributed by atoms with Gasteiger partial charge in [-0.25, -0.2) is 4.98 Å². The number of rotatable bonds is 5. The molecule has 0 amide bonds. The van der Waals surface area contributed by atoms with Gasteiger partial charge in [0.25, 0.3) is 0 Å². The lowest BCUT2D eigenvalue weighted by molar-refractivity contribution is 0.629. The molecule has 3 aromatic rings. The van der Waals surface area contributed by atoms with Crippen molar-refractivity contribution in [3.63, 3.8) is 0 Å². The largest absolute Gasteiger partial charge is 0.399 e. The number of nitrogens with two attached hydrogens (primary N) is 1. The Morgan fingerprint density at radius 3 is 2.67 bits per heavy atom. The number of benzene rings is 2. The van der Waals surface area contributed by atoms with Crippen molar-refractivity contribution in [2.24, 2.45) is 0 Å². The fourth-order valence-corrected chi connectivity index (χ4v) is 2.80. The van der Waals surface area contributed by atoms with Crippen molar-refractivity contribution in [2.75, 3.05) is 5.73 Å². The molecule has 2 N–H and O–H groups in total. The maximum Gasteiger partial charge on any atom is 0.109 e. The van der Waals surface area contributed by atoms with Gasteiger partial charge in [0, 0.05) is 18.7 Å². The first-order chi connectivity index (χ1) is 10.3. The van der Waals surface area contributed by atoms with Gasteiger partial charge in [0.2, 0.25) is 0 Å². The summed E-state index contributed by atoms with van der Waals surface area (Å²) in [6.45, 7) is 3.15. The molecule has 0 saturated carbocycles. The predicted octanol–water partition coefficient (Wildman–Crippen LogP) is 3.81. The summed E-state index contributed by atoms with van der Waals surface area (Å²) in [5, 5.41) is 0. The van der Waals surface area contributed by atoms with Gasteiger partial charge >= 0.3 is 0 Å². The molecule has 0 aliphatic carbocycles. The van der Waals surface area contributed by atoms with Crippen LogP contribution in [0.15, 0.2) is 48.5 Å². The van der Waals surface area contributed by atoms with Gasteiger partial charge in [0.1, 0.15) is 5.82 Å². The van der Waals surface area contributed by atoms with E-state index in [1.807, 2.05) is 12.1 Å². The molecule has 108 valence electrons. The number of aromatic nitrogens is 2. The Kier molecular flexibility index (Phi) is 3.91. The third kappa shape index (κ3) is 2.92. The molecule has 2 aromatic carbocycles. The van der Waals surface area contributed by atoms with Gasteiger partial charge in [-0.2, -0.15) is 0 Å². The van der Waals surface area contributed by atoms with E-state index in [4.69, 9.17) is 10.7 Å². The quantitative estimate of drug-likeness (QED) is 0.722. The highest BCUT2D eigenvalue weighted by molar-refractivity contribution is 5.79. The van der Waals surface area contributed by atoms with Gasteiger partial charge < -0.3 is 10.3 Å². The first-order valence-electron chi connectivity index (χ1n) is 7.56. The average Bonchev–Trinajstić information content (AvgIpc) is 2.85. The number of hydrogen-bond acceptors (Lipinski definition) is 2. The van der Waals surface area contributed by atoms with E-state index >= 15 is 0 Å². The number of nitrogens with zero attached hydrogens (tertiary/aromatic N) is 2. The van der Waals surface area contributed by atoms with Gasteiger partial charge in [-0.3, -0.25) is 0 Å². The summed E-state index contributed by atoms with van der Waals surface area (Å²) in [6, 6.07) is 16.6. The summed E-state index contributed by atoms with van der Waals surface area (Å²) in [7, 11) is 0. The molecule has 0 aliphatic rings. The molecule has 0 unspecified atom stereocenters. The molecule has 0 aliphatic heterocycles. The van der Waals surface area contributed by atoms with Crippen LogP contribution in [0.4, 0.5) is 5.69 Å². The minimum absolute atomic E-state index is 0.777. The zero-order chi connectivity index (χ0) is 14.7. The van der Waals surface area contributed by atoms with E-state index in [-0.39, 0.29) is 0 Å². The molecular formula is C18H21N3. The fourth-order valence-electron chi connectivity index (χ4n) is 2.80. The topological polar surface area (TPSA) is 43.8 Å². The van der Waals surface area contributed by atoms with Crippen LogP contribution < -0.4 is 5.73 Å². The summed E-state index contributed by atoms with van der Waals surface area (Å²) in [5.41, 5.74) is 10.2. The summed E-state index contributed by atoms with van der Waals surface area (Å²) >= 11 is 0. The molecule has 1 aromatic heterocycles. The van der Waals surface area contributed by atoms with Crippen LogP contribution in [0.3, 0.4) is 0 Å². The Balaban J connectivity index is 1.79. The van der Waals surface area contributed by atoms with Crippen molar-refractivity contribution in [3.8, 4) is 0 Å². The van der Waals surface area contributed by atoms with Gasteiger partial charge in [-0.15, -0.1) is 0 Å². The molecule has 0 fully saturated rings. The van der Waals surface area contributed by atoms with Crippen LogP contribution in [0, 0.1) is 0 Å². The number of hydrogen-bond donors (Lipinski definition) is 1. The number of aryl methyl sites for hydroxylation is 3. The van der Waals surface area contributed by atoms with E-state index in [0.717, 1.165) is 42.8 Å². The molecule has 3 nitrogen and oxygen atoms in total. The molecule has 0 saturated heterocycles. The molecule has 21 heavy (non-hydrogen) atoms. The lowest BCUT2D eigenvalue weighted by atomic mass is 10.1. The predicted molar refractivity (Wildman–Crippen MR) is 88.3 cm³/mol. The van der Waals surface area contributed by atoms with Gasteiger partial charge in [-0.05, 0) is 36.6 Å². The van der Waals surface area contributed by atoms with Gasteiger partial charge in [0.05, 0.1) is 11.0 Å². The van der Waals surface area contributed by atoms with Crippen LogP contribution in [0.1, 0.15) is 24.7 Å². The lowest BCUT2D eigenvalue weighted by Crippen LogP contribution is -2.04. The second-order valence-corrected chi connectivity index (χ2v) is 5.37. The highest BCUT2D eigenvalue weighted by Gasteiger charge is 2.09. The smallest absolute Gasteiger partial charge is 0.109 e. The Bertz CT molecular complexity index is 729. The number of anilines is 1. The minimum atomic E-state index is 0.777. The van der Waals surface area contributed by atoms with Crippen LogP contribution in [0.5, 0.6) is 0 Å². The SMILES string of the molecule is CCc1nc2cc(N)ccc2n1CCCc1ccccc1. The molecule has 0 spiro atoms. The van der Waals surface area contributed by atoms with E-state index in [9.17, 15) is 0 Å².